The van der Waals surface area contributed by atoms with E-state index in [1.165, 1.54) is 0 Å². The van der Waals surface area contributed by atoms with Crippen LogP contribution in [-0.4, -0.2) is 48.9 Å². The van der Waals surface area contributed by atoms with E-state index in [1.54, 1.807) is 0 Å². The van der Waals surface area contributed by atoms with E-state index in [9.17, 15) is 0 Å². The fraction of sp³-hybridized carbons (Fsp3) is 0. The van der Waals surface area contributed by atoms with Gasteiger partial charge >= 0.3 is 95.7 Å². The van der Waals surface area contributed by atoms with Crippen LogP contribution in [0.1, 0.15) is 0 Å². The van der Waals surface area contributed by atoms with Gasteiger partial charge in [0.1, 0.15) is 0 Å². The molecule has 0 aliphatic rings. The second-order valence-electron chi connectivity index (χ2n) is 0.447. The van der Waals surface area contributed by atoms with Crippen molar-refractivity contribution >= 4 is 66.1 Å². The first-order valence-corrected chi connectivity index (χ1v) is 3.29. The van der Waals surface area contributed by atoms with Crippen LogP contribution in [0.25, 0.3) is 0 Å². The quantitative estimate of drug-likeness (QED) is 0.254. The molecule has 0 spiro atoms. The summed E-state index contributed by atoms with van der Waals surface area (Å²) >= 11 is 0. The van der Waals surface area contributed by atoms with Crippen molar-refractivity contribution in [3.63, 3.8) is 0 Å². The third-order valence-corrected chi connectivity index (χ3v) is 0. The topological polar surface area (TPSA) is 138 Å². The fourth-order valence-electron chi connectivity index (χ4n) is 0. The van der Waals surface area contributed by atoms with Crippen LogP contribution in [0.2, 0.25) is 0 Å². The summed E-state index contributed by atoms with van der Waals surface area (Å²) in [6.07, 6.45) is 0. The molecule has 11 heavy (non-hydrogen) atoms. The summed E-state index contributed by atoms with van der Waals surface area (Å²) in [4.78, 5) is 50.9. The number of hydrogen-bond acceptors (Lipinski definition) is 6. The van der Waals surface area contributed by atoms with Crippen molar-refractivity contribution in [3.8, 4) is 0 Å². The van der Waals surface area contributed by atoms with Gasteiger partial charge in [-0.3, -0.25) is 0 Å². The van der Waals surface area contributed by atoms with Crippen LogP contribution in [0.5, 0.6) is 0 Å². The maximum atomic E-state index is 8.48. The van der Waals surface area contributed by atoms with Crippen LogP contribution in [0.3, 0.4) is 0 Å². The Bertz CT molecular complexity index is 36.1. The van der Waals surface area contributed by atoms with Gasteiger partial charge in [0.15, 0.2) is 0 Å². The van der Waals surface area contributed by atoms with E-state index >= 15 is 0 Å². The summed E-state index contributed by atoms with van der Waals surface area (Å²) in [6.45, 7) is 0. The normalized spacial score (nSPS) is 6.55. The minimum Gasteiger partial charge on any atom is -0.854 e. The maximum absolute atomic E-state index is 8.48. The largest absolute Gasteiger partial charge is 2.00 e. The van der Waals surface area contributed by atoms with Gasteiger partial charge in [-0.25, -0.2) is 0 Å². The van der Waals surface area contributed by atoms with Crippen LogP contribution in [0.4, 0.5) is 0 Å². The SMILES string of the molecule is [Ba+2].[Cd+2].[O-]P([O-])[O-].[O-]P([O-])[O-].[Zn+2]. The molecule has 52 valence electrons. The Kier molecular flexibility index (Phi) is 62.7. The van der Waals surface area contributed by atoms with Gasteiger partial charge in [-0.1, -0.05) is 0 Å². The molecule has 0 atom stereocenters. The van der Waals surface area contributed by atoms with E-state index in [0.717, 1.165) is 0 Å². The summed E-state index contributed by atoms with van der Waals surface area (Å²) in [5.74, 6) is 0. The molecule has 0 saturated carbocycles. The van der Waals surface area contributed by atoms with Crippen LogP contribution in [0, 0.1) is 0 Å². The second-order valence-corrected chi connectivity index (χ2v) is 1.34. The molecular formula is BaCdO6P2Zn. The van der Waals surface area contributed by atoms with E-state index in [-0.39, 0.29) is 95.7 Å². The molecule has 0 radical (unpaired) electrons. The maximum Gasteiger partial charge on any atom is 2.00 e. The Morgan fingerprint density at radius 1 is 0.636 bits per heavy atom. The van der Waals surface area contributed by atoms with Crippen LogP contribution in [-0.2, 0) is 46.8 Å². The standard InChI is InChI=1S/Ba.Cd.2O3P.Zn/c;;2*1-4(2)3;/q2*+2;2*-3;+2. The first kappa shape index (κ1) is 29.3. The zero-order valence-corrected chi connectivity index (χ0v) is 18.7. The van der Waals surface area contributed by atoms with Gasteiger partial charge in [0.2, 0.25) is 0 Å². The summed E-state index contributed by atoms with van der Waals surface area (Å²) in [5, 5.41) is 0. The Morgan fingerprint density at radius 3 is 0.636 bits per heavy atom. The van der Waals surface area contributed by atoms with Gasteiger partial charge in [0.25, 0.3) is 0 Å². The number of rotatable bonds is 0. The van der Waals surface area contributed by atoms with E-state index < -0.39 is 17.2 Å². The van der Waals surface area contributed by atoms with E-state index in [0.29, 0.717) is 0 Å². The molecule has 6 nitrogen and oxygen atoms in total. The summed E-state index contributed by atoms with van der Waals surface area (Å²) in [6, 6.07) is 0. The third kappa shape index (κ3) is 136. The molecule has 0 aromatic heterocycles. The molecular weight excluding hydrogens is 473 g/mol. The zero-order chi connectivity index (χ0) is 7.15. The van der Waals surface area contributed by atoms with Gasteiger partial charge < -0.3 is 46.6 Å². The second kappa shape index (κ2) is 23.5. The molecule has 0 fully saturated rings. The molecule has 11 heteroatoms. The van der Waals surface area contributed by atoms with E-state index in [2.05, 4.69) is 0 Å². The van der Waals surface area contributed by atoms with Gasteiger partial charge in [-0.15, -0.1) is 0 Å². The molecule has 0 bridgehead atoms. The van der Waals surface area contributed by atoms with E-state index in [1.807, 2.05) is 0 Å². The minimum atomic E-state index is -3.37. The van der Waals surface area contributed by atoms with Crippen LogP contribution in [0.15, 0.2) is 0 Å². The Morgan fingerprint density at radius 2 is 0.636 bits per heavy atom. The first-order valence-electron chi connectivity index (χ1n) is 1.10. The first-order chi connectivity index (χ1) is 3.46. The van der Waals surface area contributed by atoms with Crippen molar-refractivity contribution in [2.24, 2.45) is 0 Å². The summed E-state index contributed by atoms with van der Waals surface area (Å²) in [7, 11) is -6.74. The average Bonchev–Trinajstić information content (AvgIpc) is 1.25. The average molecular weight is 473 g/mol. The molecule has 0 amide bonds. The molecule has 0 N–H and O–H groups in total. The Hall–Kier alpha value is 3.74. The third-order valence-electron chi connectivity index (χ3n) is 0. The van der Waals surface area contributed by atoms with Gasteiger partial charge in [-0.05, 0) is 0 Å². The summed E-state index contributed by atoms with van der Waals surface area (Å²) in [5.41, 5.74) is 0. The zero-order valence-electron chi connectivity index (χ0n) is 5.47. The fourth-order valence-corrected chi connectivity index (χ4v) is 0. The summed E-state index contributed by atoms with van der Waals surface area (Å²) < 4.78 is 0. The van der Waals surface area contributed by atoms with Gasteiger partial charge in [-0.2, -0.15) is 0 Å². The molecule has 0 rings (SSSR count). The van der Waals surface area contributed by atoms with Crippen molar-refractivity contribution in [1.29, 1.82) is 0 Å². The minimum absolute atomic E-state index is 0. The van der Waals surface area contributed by atoms with Crippen molar-refractivity contribution in [2.45, 2.75) is 0 Å². The van der Waals surface area contributed by atoms with Crippen molar-refractivity contribution in [2.75, 3.05) is 0 Å². The van der Waals surface area contributed by atoms with Gasteiger partial charge in [0, 0.05) is 0 Å². The van der Waals surface area contributed by atoms with E-state index in [4.69, 9.17) is 29.4 Å². The van der Waals surface area contributed by atoms with Crippen LogP contribution >= 0.6 is 17.2 Å². The van der Waals surface area contributed by atoms with Crippen molar-refractivity contribution < 1.29 is 76.1 Å². The van der Waals surface area contributed by atoms with Crippen molar-refractivity contribution in [1.82, 2.24) is 0 Å². The Labute approximate surface area is 139 Å². The smallest absolute Gasteiger partial charge is 0.854 e. The Balaban J connectivity index is -0.0000000171. The molecule has 0 aromatic carbocycles. The molecule has 0 saturated heterocycles. The van der Waals surface area contributed by atoms with Crippen LogP contribution < -0.4 is 29.4 Å². The van der Waals surface area contributed by atoms with Gasteiger partial charge in [0.05, 0.1) is 0 Å². The molecule has 0 heterocycles. The predicted octanol–water partition coefficient (Wildman–Crippen LogP) is -5.80. The molecule has 0 aromatic rings. The molecule has 0 unspecified atom stereocenters. The molecule has 0 aliphatic heterocycles. The number of hydrogen-bond donors (Lipinski definition) is 0. The monoisotopic (exact) mass is 474 g/mol. The molecule has 0 aliphatic carbocycles. The van der Waals surface area contributed by atoms with Crippen molar-refractivity contribution in [3.05, 3.63) is 0 Å². The predicted molar refractivity (Wildman–Crippen MR) is 19.6 cm³/mol.